The molecule has 114 valence electrons. The molecule has 1 spiro atoms. The van der Waals surface area contributed by atoms with Crippen LogP contribution in [0.3, 0.4) is 0 Å². The number of amides is 1. The Bertz CT molecular complexity index is 540. The van der Waals surface area contributed by atoms with Crippen molar-refractivity contribution < 1.29 is 4.79 Å². The summed E-state index contributed by atoms with van der Waals surface area (Å²) < 4.78 is 0. The topological polar surface area (TPSA) is 44.4 Å². The second kappa shape index (κ2) is 5.95. The van der Waals surface area contributed by atoms with Gasteiger partial charge < -0.3 is 10.6 Å². The Morgan fingerprint density at radius 2 is 2.33 bits per heavy atom. The lowest BCUT2D eigenvalue weighted by Crippen LogP contribution is -2.34. The van der Waals surface area contributed by atoms with Crippen LogP contribution < -0.4 is 10.6 Å². The molecule has 2 fully saturated rings. The number of benzene rings is 1. The first kappa shape index (κ1) is 14.8. The summed E-state index contributed by atoms with van der Waals surface area (Å²) in [6.45, 7) is 6.69. The van der Waals surface area contributed by atoms with Crippen molar-refractivity contribution in [2.24, 2.45) is 5.41 Å². The number of nitrogens with zero attached hydrogens (tertiary/aromatic N) is 1. The van der Waals surface area contributed by atoms with Gasteiger partial charge in [0.25, 0.3) is 0 Å². The van der Waals surface area contributed by atoms with E-state index in [1.165, 1.54) is 12.8 Å². The van der Waals surface area contributed by atoms with E-state index in [4.69, 9.17) is 11.6 Å². The molecule has 0 radical (unpaired) electrons. The van der Waals surface area contributed by atoms with E-state index in [1.807, 2.05) is 19.1 Å². The molecular weight excluding hydrogens is 286 g/mol. The maximum Gasteiger partial charge on any atom is 0.238 e. The number of nitrogens with one attached hydrogen (secondary N) is 2. The van der Waals surface area contributed by atoms with Crippen LogP contribution in [-0.4, -0.2) is 43.5 Å². The van der Waals surface area contributed by atoms with Crippen LogP contribution in [0.1, 0.15) is 18.4 Å². The number of halogens is 1. The van der Waals surface area contributed by atoms with E-state index in [2.05, 4.69) is 15.5 Å². The average molecular weight is 308 g/mol. The summed E-state index contributed by atoms with van der Waals surface area (Å²) >= 11 is 5.98. The molecule has 1 atom stereocenters. The molecule has 0 aromatic heterocycles. The van der Waals surface area contributed by atoms with Gasteiger partial charge >= 0.3 is 0 Å². The standard InChI is InChI=1S/C16H22ClN3O/c1-12-2-3-13(17)8-14(12)19-15(21)9-20-7-5-16(11-20)4-6-18-10-16/h2-3,8,18H,4-7,9-11H2,1H3,(H,19,21). The predicted octanol–water partition coefficient (Wildman–Crippen LogP) is 2.27. The van der Waals surface area contributed by atoms with Gasteiger partial charge in [-0.05, 0) is 56.0 Å². The number of likely N-dealkylation sites (tertiary alicyclic amines) is 1. The van der Waals surface area contributed by atoms with Crippen molar-refractivity contribution in [1.29, 1.82) is 0 Å². The van der Waals surface area contributed by atoms with E-state index in [1.54, 1.807) is 6.07 Å². The van der Waals surface area contributed by atoms with Crippen molar-refractivity contribution in [1.82, 2.24) is 10.2 Å². The quantitative estimate of drug-likeness (QED) is 0.900. The summed E-state index contributed by atoms with van der Waals surface area (Å²) in [5.74, 6) is 0.0448. The largest absolute Gasteiger partial charge is 0.325 e. The third-order valence-corrected chi connectivity index (χ3v) is 4.93. The van der Waals surface area contributed by atoms with Crippen LogP contribution in [0, 0.1) is 12.3 Å². The smallest absolute Gasteiger partial charge is 0.238 e. The van der Waals surface area contributed by atoms with Gasteiger partial charge in [0.2, 0.25) is 5.91 Å². The summed E-state index contributed by atoms with van der Waals surface area (Å²) in [6, 6.07) is 5.57. The molecule has 1 unspecified atom stereocenters. The van der Waals surface area contributed by atoms with Crippen LogP contribution in [0.2, 0.25) is 5.02 Å². The third-order valence-electron chi connectivity index (χ3n) is 4.69. The second-order valence-electron chi connectivity index (χ2n) is 6.39. The van der Waals surface area contributed by atoms with Crippen molar-refractivity contribution >= 4 is 23.2 Å². The fourth-order valence-corrected chi connectivity index (χ4v) is 3.60. The minimum Gasteiger partial charge on any atom is -0.325 e. The van der Waals surface area contributed by atoms with Gasteiger partial charge in [0.1, 0.15) is 0 Å². The van der Waals surface area contributed by atoms with Gasteiger partial charge in [0.15, 0.2) is 0 Å². The Labute approximate surface area is 130 Å². The molecule has 2 aliphatic heterocycles. The molecule has 1 amide bonds. The predicted molar refractivity (Wildman–Crippen MR) is 85.8 cm³/mol. The van der Waals surface area contributed by atoms with Crippen molar-refractivity contribution in [2.45, 2.75) is 19.8 Å². The normalized spacial score (nSPS) is 25.6. The highest BCUT2D eigenvalue weighted by molar-refractivity contribution is 6.31. The molecule has 0 aliphatic carbocycles. The van der Waals surface area contributed by atoms with Crippen molar-refractivity contribution in [2.75, 3.05) is 38.0 Å². The molecule has 2 aliphatic rings. The fraction of sp³-hybridized carbons (Fsp3) is 0.562. The van der Waals surface area contributed by atoms with Gasteiger partial charge in [-0.2, -0.15) is 0 Å². The molecule has 1 aromatic carbocycles. The molecule has 2 N–H and O–H groups in total. The Hall–Kier alpha value is -1.10. The monoisotopic (exact) mass is 307 g/mol. The highest BCUT2D eigenvalue weighted by Crippen LogP contribution is 2.35. The average Bonchev–Trinajstić information content (AvgIpc) is 3.05. The number of aryl methyl sites for hydroxylation is 1. The maximum atomic E-state index is 12.2. The first-order chi connectivity index (χ1) is 10.1. The first-order valence-electron chi connectivity index (χ1n) is 7.55. The number of hydrogen-bond donors (Lipinski definition) is 2. The molecular formula is C16H22ClN3O. The zero-order valence-electron chi connectivity index (χ0n) is 12.4. The maximum absolute atomic E-state index is 12.2. The third kappa shape index (κ3) is 3.39. The van der Waals surface area contributed by atoms with E-state index >= 15 is 0 Å². The van der Waals surface area contributed by atoms with E-state index in [0.29, 0.717) is 17.0 Å². The zero-order valence-corrected chi connectivity index (χ0v) is 13.2. The van der Waals surface area contributed by atoms with Crippen LogP contribution >= 0.6 is 11.6 Å². The van der Waals surface area contributed by atoms with Crippen LogP contribution in [0.25, 0.3) is 0 Å². The summed E-state index contributed by atoms with van der Waals surface area (Å²) in [6.07, 6.45) is 2.43. The van der Waals surface area contributed by atoms with E-state index in [-0.39, 0.29) is 5.91 Å². The van der Waals surface area contributed by atoms with E-state index in [0.717, 1.165) is 37.4 Å². The SMILES string of the molecule is Cc1ccc(Cl)cc1NC(=O)CN1CCC2(CCNC2)C1. The molecule has 5 heteroatoms. The summed E-state index contributed by atoms with van der Waals surface area (Å²) in [7, 11) is 0. The molecule has 2 saturated heterocycles. The lowest BCUT2D eigenvalue weighted by Gasteiger charge is -2.22. The van der Waals surface area contributed by atoms with Crippen molar-refractivity contribution in [3.63, 3.8) is 0 Å². The molecule has 4 nitrogen and oxygen atoms in total. The highest BCUT2D eigenvalue weighted by Gasteiger charge is 2.40. The van der Waals surface area contributed by atoms with Crippen LogP contribution in [0.5, 0.6) is 0 Å². The summed E-state index contributed by atoms with van der Waals surface area (Å²) in [5.41, 5.74) is 2.25. The Morgan fingerprint density at radius 3 is 3.10 bits per heavy atom. The fourth-order valence-electron chi connectivity index (χ4n) is 3.43. The molecule has 2 heterocycles. The molecule has 3 rings (SSSR count). The van der Waals surface area contributed by atoms with Crippen molar-refractivity contribution in [3.8, 4) is 0 Å². The Kier molecular flexibility index (Phi) is 4.20. The van der Waals surface area contributed by atoms with Gasteiger partial charge in [0, 0.05) is 23.8 Å². The van der Waals surface area contributed by atoms with Gasteiger partial charge in [-0.25, -0.2) is 0 Å². The van der Waals surface area contributed by atoms with Crippen LogP contribution in [0.15, 0.2) is 18.2 Å². The molecule has 0 bridgehead atoms. The minimum atomic E-state index is 0.0448. The summed E-state index contributed by atoms with van der Waals surface area (Å²) in [4.78, 5) is 14.5. The first-order valence-corrected chi connectivity index (χ1v) is 7.93. The van der Waals surface area contributed by atoms with E-state index < -0.39 is 0 Å². The number of anilines is 1. The number of rotatable bonds is 3. The van der Waals surface area contributed by atoms with Gasteiger partial charge in [0.05, 0.1) is 6.54 Å². The van der Waals surface area contributed by atoms with E-state index in [9.17, 15) is 4.79 Å². The Balaban J connectivity index is 1.56. The van der Waals surface area contributed by atoms with Gasteiger partial charge in [-0.15, -0.1) is 0 Å². The molecule has 21 heavy (non-hydrogen) atoms. The minimum absolute atomic E-state index is 0.0448. The lowest BCUT2D eigenvalue weighted by atomic mass is 9.87. The number of carbonyl (C=O) groups excluding carboxylic acids is 1. The lowest BCUT2D eigenvalue weighted by molar-refractivity contribution is -0.117. The highest BCUT2D eigenvalue weighted by atomic mass is 35.5. The zero-order chi connectivity index (χ0) is 14.9. The Morgan fingerprint density at radius 1 is 1.48 bits per heavy atom. The van der Waals surface area contributed by atoms with Crippen molar-refractivity contribution in [3.05, 3.63) is 28.8 Å². The molecule has 1 aromatic rings. The number of hydrogen-bond acceptors (Lipinski definition) is 3. The number of carbonyl (C=O) groups is 1. The van der Waals surface area contributed by atoms with Crippen LogP contribution in [0.4, 0.5) is 5.69 Å². The summed E-state index contributed by atoms with van der Waals surface area (Å²) in [5, 5.41) is 7.06. The molecule has 0 saturated carbocycles. The van der Waals surface area contributed by atoms with Gasteiger partial charge in [-0.3, -0.25) is 9.69 Å². The van der Waals surface area contributed by atoms with Crippen LogP contribution in [-0.2, 0) is 4.79 Å². The second-order valence-corrected chi connectivity index (χ2v) is 6.83. The van der Waals surface area contributed by atoms with Gasteiger partial charge in [-0.1, -0.05) is 17.7 Å².